The van der Waals surface area contributed by atoms with E-state index in [-0.39, 0.29) is 22.8 Å². The van der Waals surface area contributed by atoms with Gasteiger partial charge in [0, 0.05) is 13.0 Å². The smallest absolute Gasteiger partial charge is 0.230 e. The van der Waals surface area contributed by atoms with Crippen molar-refractivity contribution in [2.24, 2.45) is 5.92 Å². The molecule has 3 nitrogen and oxygen atoms in total. The van der Waals surface area contributed by atoms with Gasteiger partial charge in [-0.2, -0.15) is 0 Å². The summed E-state index contributed by atoms with van der Waals surface area (Å²) < 4.78 is 0. The molecule has 21 heavy (non-hydrogen) atoms. The number of hydrogen-bond donors (Lipinski definition) is 1. The molecule has 0 heterocycles. The molecule has 0 aromatic carbocycles. The van der Waals surface area contributed by atoms with Crippen molar-refractivity contribution >= 4 is 22.8 Å². The molecule has 1 amide bonds. The van der Waals surface area contributed by atoms with Crippen molar-refractivity contribution < 1.29 is 9.59 Å². The van der Waals surface area contributed by atoms with Crippen LogP contribution in [-0.4, -0.2) is 22.8 Å². The number of amides is 1. The number of hydrogen-bond acceptors (Lipinski definition) is 3. The average Bonchev–Trinajstić information content (AvgIpc) is 2.48. The Morgan fingerprint density at radius 2 is 1.57 bits per heavy atom. The average molecular weight is 314 g/mol. The lowest BCUT2D eigenvalue weighted by molar-refractivity contribution is -0.120. The summed E-state index contributed by atoms with van der Waals surface area (Å²) in [6.07, 6.45) is 12.8. The zero-order chi connectivity index (χ0) is 15.5. The van der Waals surface area contributed by atoms with Gasteiger partial charge >= 0.3 is 0 Å². The topological polar surface area (TPSA) is 46.2 Å². The van der Waals surface area contributed by atoms with E-state index in [4.69, 9.17) is 0 Å². The molecule has 0 radical (unpaired) electrons. The molecular weight excluding hydrogens is 282 g/mol. The molecule has 1 aliphatic rings. The van der Waals surface area contributed by atoms with Crippen molar-refractivity contribution in [2.45, 2.75) is 84.1 Å². The lowest BCUT2D eigenvalue weighted by atomic mass is 9.85. The molecule has 0 saturated heterocycles. The van der Waals surface area contributed by atoms with Crippen molar-refractivity contribution in [3.63, 3.8) is 0 Å². The highest BCUT2D eigenvalue weighted by Gasteiger charge is 2.21. The minimum Gasteiger partial charge on any atom is -0.352 e. The van der Waals surface area contributed by atoms with Crippen LogP contribution in [0.1, 0.15) is 78.1 Å². The summed E-state index contributed by atoms with van der Waals surface area (Å²) in [4.78, 5) is 22.9. The summed E-state index contributed by atoms with van der Waals surface area (Å²) in [6.45, 7) is 3.67. The molecule has 0 spiro atoms. The van der Waals surface area contributed by atoms with Crippen molar-refractivity contribution in [3.8, 4) is 0 Å². The molecular formula is C17H31NO2S. The third-order valence-electron chi connectivity index (χ3n) is 4.41. The van der Waals surface area contributed by atoms with Gasteiger partial charge < -0.3 is 5.32 Å². The third-order valence-corrected chi connectivity index (χ3v) is 5.22. The highest BCUT2D eigenvalue weighted by atomic mass is 32.2. The predicted molar refractivity (Wildman–Crippen MR) is 90.4 cm³/mol. The highest BCUT2D eigenvalue weighted by Crippen LogP contribution is 2.25. The van der Waals surface area contributed by atoms with Gasteiger partial charge in [-0.25, -0.2) is 0 Å². The van der Waals surface area contributed by atoms with Gasteiger partial charge in [-0.15, -0.1) is 0 Å². The van der Waals surface area contributed by atoms with E-state index in [1.54, 1.807) is 0 Å². The van der Waals surface area contributed by atoms with Crippen LogP contribution >= 0.6 is 11.8 Å². The fraction of sp³-hybridized carbons (Fsp3) is 0.882. The Bertz CT molecular complexity index is 310. The van der Waals surface area contributed by atoms with Gasteiger partial charge in [-0.3, -0.25) is 9.59 Å². The van der Waals surface area contributed by atoms with Gasteiger partial charge in [-0.1, -0.05) is 63.6 Å². The molecule has 0 aromatic rings. The Hall–Kier alpha value is -0.510. The summed E-state index contributed by atoms with van der Waals surface area (Å²) in [7, 11) is 0. The van der Waals surface area contributed by atoms with E-state index in [1.165, 1.54) is 64.7 Å². The standard InChI is InChI=1S/C17H31NO2S/c1-3-16(18-17(20)13-21-14(2)19)15-11-9-7-5-4-6-8-10-12-15/h15-16H,3-13H2,1-2H3,(H,18,20). The van der Waals surface area contributed by atoms with Crippen LogP contribution in [0.2, 0.25) is 0 Å². The lowest BCUT2D eigenvalue weighted by Gasteiger charge is -2.28. The first-order chi connectivity index (χ1) is 10.1. The van der Waals surface area contributed by atoms with Gasteiger partial charge in [0.25, 0.3) is 0 Å². The number of thioether (sulfide) groups is 1. The molecule has 4 heteroatoms. The molecule has 1 N–H and O–H groups in total. The van der Waals surface area contributed by atoms with Gasteiger partial charge in [-0.05, 0) is 25.2 Å². The largest absolute Gasteiger partial charge is 0.352 e. The highest BCUT2D eigenvalue weighted by molar-refractivity contribution is 8.14. The van der Waals surface area contributed by atoms with Crippen LogP contribution in [0.5, 0.6) is 0 Å². The fourth-order valence-electron chi connectivity index (χ4n) is 3.21. The first-order valence-corrected chi connectivity index (χ1v) is 9.54. The van der Waals surface area contributed by atoms with Crippen LogP contribution in [0, 0.1) is 5.92 Å². The van der Waals surface area contributed by atoms with Crippen LogP contribution in [0.3, 0.4) is 0 Å². The molecule has 0 bridgehead atoms. The van der Waals surface area contributed by atoms with E-state index in [2.05, 4.69) is 12.2 Å². The minimum absolute atomic E-state index is 0.0110. The summed E-state index contributed by atoms with van der Waals surface area (Å²) in [6, 6.07) is 0.282. The molecule has 1 saturated carbocycles. The number of nitrogens with one attached hydrogen (secondary N) is 1. The Balaban J connectivity index is 2.45. The SMILES string of the molecule is CCC(NC(=O)CSC(C)=O)C1CCCCCCCCC1. The predicted octanol–water partition coefficient (Wildman–Crippen LogP) is 4.30. The molecule has 0 aliphatic heterocycles. The number of rotatable bonds is 5. The van der Waals surface area contributed by atoms with Gasteiger partial charge in [0.15, 0.2) is 5.12 Å². The van der Waals surface area contributed by atoms with Crippen molar-refractivity contribution in [1.82, 2.24) is 5.32 Å². The molecule has 1 fully saturated rings. The van der Waals surface area contributed by atoms with Gasteiger partial charge in [0.2, 0.25) is 5.91 Å². The first-order valence-electron chi connectivity index (χ1n) is 8.56. The van der Waals surface area contributed by atoms with Gasteiger partial charge in [0.1, 0.15) is 0 Å². The minimum atomic E-state index is 0.0110. The Morgan fingerprint density at radius 3 is 2.05 bits per heavy atom. The maximum absolute atomic E-state index is 12.0. The Kier molecular flexibility index (Phi) is 9.81. The van der Waals surface area contributed by atoms with E-state index in [1.807, 2.05) is 0 Å². The molecule has 1 aliphatic carbocycles. The Labute approximate surface area is 134 Å². The van der Waals surface area contributed by atoms with E-state index >= 15 is 0 Å². The fourth-order valence-corrected chi connectivity index (χ4v) is 3.63. The van der Waals surface area contributed by atoms with Crippen molar-refractivity contribution in [1.29, 1.82) is 0 Å². The Morgan fingerprint density at radius 1 is 1.05 bits per heavy atom. The quantitative estimate of drug-likeness (QED) is 0.823. The van der Waals surface area contributed by atoms with Crippen LogP contribution < -0.4 is 5.32 Å². The third kappa shape index (κ3) is 8.50. The number of carbonyl (C=O) groups is 2. The zero-order valence-corrected chi connectivity index (χ0v) is 14.5. The molecule has 1 atom stereocenters. The van der Waals surface area contributed by atoms with E-state index < -0.39 is 0 Å². The molecule has 1 unspecified atom stereocenters. The summed E-state index contributed by atoms with van der Waals surface area (Å²) in [5.74, 6) is 0.886. The maximum Gasteiger partial charge on any atom is 0.230 e. The van der Waals surface area contributed by atoms with E-state index in [9.17, 15) is 9.59 Å². The molecule has 122 valence electrons. The van der Waals surface area contributed by atoms with Crippen LogP contribution in [0.4, 0.5) is 0 Å². The van der Waals surface area contributed by atoms with Crippen LogP contribution in [-0.2, 0) is 9.59 Å². The van der Waals surface area contributed by atoms with Crippen molar-refractivity contribution in [3.05, 3.63) is 0 Å². The second-order valence-corrected chi connectivity index (χ2v) is 7.33. The second-order valence-electron chi connectivity index (χ2n) is 6.17. The van der Waals surface area contributed by atoms with E-state index in [0.717, 1.165) is 18.2 Å². The lowest BCUT2D eigenvalue weighted by Crippen LogP contribution is -2.41. The first kappa shape index (κ1) is 18.5. The summed E-state index contributed by atoms with van der Waals surface area (Å²) in [5.41, 5.74) is 0. The van der Waals surface area contributed by atoms with Gasteiger partial charge in [0.05, 0.1) is 5.75 Å². The molecule has 0 aromatic heterocycles. The zero-order valence-electron chi connectivity index (χ0n) is 13.7. The van der Waals surface area contributed by atoms with Crippen LogP contribution in [0.25, 0.3) is 0 Å². The summed E-state index contributed by atoms with van der Waals surface area (Å²) in [5, 5.41) is 3.17. The normalized spacial score (nSPS) is 19.7. The molecule has 1 rings (SSSR count). The second kappa shape index (κ2) is 11.1. The van der Waals surface area contributed by atoms with Crippen molar-refractivity contribution in [2.75, 3.05) is 5.75 Å². The monoisotopic (exact) mass is 313 g/mol. The summed E-state index contributed by atoms with van der Waals surface area (Å²) >= 11 is 1.10. The van der Waals surface area contributed by atoms with E-state index in [0.29, 0.717) is 5.92 Å². The van der Waals surface area contributed by atoms with Crippen LogP contribution in [0.15, 0.2) is 0 Å². The number of carbonyl (C=O) groups excluding carboxylic acids is 2. The maximum atomic E-state index is 12.0.